The quantitative estimate of drug-likeness (QED) is 0.788. The van der Waals surface area contributed by atoms with E-state index in [4.69, 9.17) is 4.74 Å². The normalized spacial score (nSPS) is 25.2. The van der Waals surface area contributed by atoms with Crippen LogP contribution < -0.4 is 0 Å². The van der Waals surface area contributed by atoms with Gasteiger partial charge in [-0.25, -0.2) is 0 Å². The van der Waals surface area contributed by atoms with E-state index >= 15 is 0 Å². The van der Waals surface area contributed by atoms with Gasteiger partial charge in [-0.3, -0.25) is 4.90 Å². The van der Waals surface area contributed by atoms with E-state index in [-0.39, 0.29) is 5.60 Å². The molecule has 0 aromatic carbocycles. The highest BCUT2D eigenvalue weighted by Gasteiger charge is 2.44. The third kappa shape index (κ3) is 5.21. The number of hydrogen-bond donors (Lipinski definition) is 0. The van der Waals surface area contributed by atoms with Gasteiger partial charge >= 0.3 is 0 Å². The number of nitrogens with zero attached hydrogens (tertiary/aromatic N) is 2. The Labute approximate surface area is 138 Å². The fourth-order valence-corrected chi connectivity index (χ4v) is 3.67. The van der Waals surface area contributed by atoms with Crippen LogP contribution in [0.5, 0.6) is 0 Å². The molecule has 0 radical (unpaired) electrons. The first-order valence-corrected chi connectivity index (χ1v) is 9.08. The van der Waals surface area contributed by atoms with Crippen LogP contribution in [0.2, 0.25) is 0 Å². The summed E-state index contributed by atoms with van der Waals surface area (Å²) in [5.41, 5.74) is 0.839. The maximum absolute atomic E-state index is 5.96. The van der Waals surface area contributed by atoms with Crippen LogP contribution in [0.15, 0.2) is 0 Å². The van der Waals surface area contributed by atoms with Crippen LogP contribution in [-0.2, 0) is 4.74 Å². The molecule has 0 bridgehead atoms. The van der Waals surface area contributed by atoms with Gasteiger partial charge in [0, 0.05) is 30.6 Å². The largest absolute Gasteiger partial charge is 0.376 e. The molecule has 0 aromatic rings. The van der Waals surface area contributed by atoms with Crippen LogP contribution >= 0.6 is 0 Å². The molecule has 0 amide bonds. The van der Waals surface area contributed by atoms with Crippen molar-refractivity contribution in [3.8, 4) is 0 Å². The average molecular weight is 311 g/mol. The van der Waals surface area contributed by atoms with E-state index in [0.29, 0.717) is 11.0 Å². The lowest BCUT2D eigenvalue weighted by Crippen LogP contribution is -2.64. The van der Waals surface area contributed by atoms with E-state index < -0.39 is 0 Å². The lowest BCUT2D eigenvalue weighted by atomic mass is 9.78. The molecule has 3 heteroatoms. The van der Waals surface area contributed by atoms with Gasteiger partial charge in [-0.15, -0.1) is 0 Å². The summed E-state index contributed by atoms with van der Waals surface area (Å²) < 4.78 is 5.96. The van der Waals surface area contributed by atoms with Crippen LogP contribution in [0.25, 0.3) is 0 Å². The van der Waals surface area contributed by atoms with Gasteiger partial charge in [-0.05, 0) is 73.4 Å². The maximum atomic E-state index is 5.96. The lowest BCUT2D eigenvalue weighted by Gasteiger charge is -2.56. The predicted molar refractivity (Wildman–Crippen MR) is 94.3 cm³/mol. The molecule has 22 heavy (non-hydrogen) atoms. The molecule has 3 nitrogen and oxygen atoms in total. The summed E-state index contributed by atoms with van der Waals surface area (Å²) in [6.45, 7) is 23.1. The highest BCUT2D eigenvalue weighted by atomic mass is 16.5. The number of hydrogen-bond acceptors (Lipinski definition) is 3. The minimum Gasteiger partial charge on any atom is -0.376 e. The summed E-state index contributed by atoms with van der Waals surface area (Å²) in [6.07, 6.45) is 2.60. The van der Waals surface area contributed by atoms with Crippen molar-refractivity contribution < 1.29 is 4.74 Å². The fourth-order valence-electron chi connectivity index (χ4n) is 3.67. The Morgan fingerprint density at radius 1 is 1.00 bits per heavy atom. The first-order valence-electron chi connectivity index (χ1n) is 9.08. The summed E-state index contributed by atoms with van der Waals surface area (Å²) >= 11 is 0. The molecule has 2 aliphatic heterocycles. The zero-order valence-corrected chi connectivity index (χ0v) is 16.0. The molecule has 2 fully saturated rings. The Bertz CT molecular complexity index is 353. The van der Waals surface area contributed by atoms with E-state index in [2.05, 4.69) is 58.3 Å². The number of rotatable bonds is 4. The summed E-state index contributed by atoms with van der Waals surface area (Å²) in [5.74, 6) is 0.760. The van der Waals surface area contributed by atoms with Crippen molar-refractivity contribution in [2.75, 3.05) is 39.3 Å². The van der Waals surface area contributed by atoms with Gasteiger partial charge in [0.1, 0.15) is 0 Å². The molecule has 0 unspecified atom stereocenters. The van der Waals surface area contributed by atoms with Crippen molar-refractivity contribution in [2.24, 2.45) is 11.3 Å². The molecule has 0 atom stereocenters. The van der Waals surface area contributed by atoms with E-state index in [9.17, 15) is 0 Å². The predicted octanol–water partition coefficient (Wildman–Crippen LogP) is 3.63. The van der Waals surface area contributed by atoms with Crippen LogP contribution in [0, 0.1) is 11.3 Å². The number of piperidine rings is 1. The second kappa shape index (κ2) is 6.41. The molecule has 0 N–H and O–H groups in total. The van der Waals surface area contributed by atoms with Crippen LogP contribution in [0.3, 0.4) is 0 Å². The zero-order valence-electron chi connectivity index (χ0n) is 16.0. The average Bonchev–Trinajstić information content (AvgIpc) is 2.33. The Balaban J connectivity index is 1.68. The van der Waals surface area contributed by atoms with Crippen molar-refractivity contribution in [1.29, 1.82) is 0 Å². The van der Waals surface area contributed by atoms with Gasteiger partial charge in [0.15, 0.2) is 0 Å². The third-order valence-corrected chi connectivity index (χ3v) is 5.16. The molecule has 2 rings (SSSR count). The monoisotopic (exact) mass is 310 g/mol. The van der Waals surface area contributed by atoms with Gasteiger partial charge < -0.3 is 9.64 Å². The standard InChI is InChI=1S/C19H38N2O/c1-17(2,3)21-14-19(7,15-21)13-20-10-8-16(9-11-20)12-22-18(4,5)6/h16H,8-15H2,1-7H3. The van der Waals surface area contributed by atoms with E-state index in [1.54, 1.807) is 0 Å². The van der Waals surface area contributed by atoms with Crippen molar-refractivity contribution in [3.05, 3.63) is 0 Å². The Kier molecular flexibility index (Phi) is 5.31. The third-order valence-electron chi connectivity index (χ3n) is 5.16. The van der Waals surface area contributed by atoms with Gasteiger partial charge in [0.25, 0.3) is 0 Å². The van der Waals surface area contributed by atoms with Gasteiger partial charge in [0.2, 0.25) is 0 Å². The van der Waals surface area contributed by atoms with Crippen LogP contribution in [0.1, 0.15) is 61.3 Å². The minimum atomic E-state index is 0.00690. The first kappa shape index (κ1) is 18.2. The number of ether oxygens (including phenoxy) is 1. The highest BCUT2D eigenvalue weighted by Crippen LogP contribution is 2.36. The zero-order chi connectivity index (χ0) is 16.6. The smallest absolute Gasteiger partial charge is 0.0598 e. The molecular weight excluding hydrogens is 272 g/mol. The number of likely N-dealkylation sites (tertiary alicyclic amines) is 2. The van der Waals surface area contributed by atoms with Crippen LogP contribution in [0.4, 0.5) is 0 Å². The summed E-state index contributed by atoms with van der Waals surface area (Å²) in [4.78, 5) is 5.30. The molecule has 2 saturated heterocycles. The van der Waals surface area contributed by atoms with Crippen molar-refractivity contribution in [1.82, 2.24) is 9.80 Å². The molecule has 130 valence electrons. The summed E-state index contributed by atoms with van der Waals surface area (Å²) in [6, 6.07) is 0. The second-order valence-corrected chi connectivity index (χ2v) is 9.98. The molecule has 0 aromatic heterocycles. The maximum Gasteiger partial charge on any atom is 0.0598 e. The Hall–Kier alpha value is -0.120. The molecule has 0 spiro atoms. The Morgan fingerprint density at radius 2 is 1.55 bits per heavy atom. The molecule has 2 heterocycles. The topological polar surface area (TPSA) is 15.7 Å². The minimum absolute atomic E-state index is 0.00690. The highest BCUT2D eigenvalue weighted by molar-refractivity contribution is 4.98. The summed E-state index contributed by atoms with van der Waals surface area (Å²) in [5, 5.41) is 0. The van der Waals surface area contributed by atoms with Gasteiger partial charge in [-0.1, -0.05) is 6.92 Å². The van der Waals surface area contributed by atoms with Crippen molar-refractivity contribution in [3.63, 3.8) is 0 Å². The molecular formula is C19H38N2O. The van der Waals surface area contributed by atoms with Crippen molar-refractivity contribution in [2.45, 2.75) is 72.4 Å². The van der Waals surface area contributed by atoms with Crippen molar-refractivity contribution >= 4 is 0 Å². The SMILES string of the molecule is CC1(CN2CCC(COC(C)(C)C)CC2)CN(C(C)(C)C)C1. The molecule has 0 saturated carbocycles. The first-order chi connectivity index (χ1) is 9.97. The lowest BCUT2D eigenvalue weighted by molar-refractivity contribution is -0.0725. The van der Waals surface area contributed by atoms with Gasteiger partial charge in [-0.2, -0.15) is 0 Å². The molecule has 2 aliphatic rings. The van der Waals surface area contributed by atoms with E-state index in [0.717, 1.165) is 12.5 Å². The van der Waals surface area contributed by atoms with Gasteiger partial charge in [0.05, 0.1) is 12.2 Å². The van der Waals surface area contributed by atoms with E-state index in [1.807, 2.05) is 0 Å². The molecule has 0 aliphatic carbocycles. The Morgan fingerprint density at radius 3 is 2.00 bits per heavy atom. The fraction of sp³-hybridized carbons (Fsp3) is 1.00. The second-order valence-electron chi connectivity index (χ2n) is 9.98. The van der Waals surface area contributed by atoms with Crippen LogP contribution in [-0.4, -0.2) is 60.3 Å². The summed E-state index contributed by atoms with van der Waals surface area (Å²) in [7, 11) is 0. The van der Waals surface area contributed by atoms with E-state index in [1.165, 1.54) is 45.6 Å².